The van der Waals surface area contributed by atoms with Crippen LogP contribution in [0.5, 0.6) is 0 Å². The van der Waals surface area contributed by atoms with E-state index >= 15 is 0 Å². The summed E-state index contributed by atoms with van der Waals surface area (Å²) in [5.74, 6) is 2.44. The second kappa shape index (κ2) is 10.7. The molecule has 1 fully saturated rings. The van der Waals surface area contributed by atoms with E-state index in [0.717, 1.165) is 56.5 Å². The zero-order valence-corrected chi connectivity index (χ0v) is 19.8. The number of nitrogens with zero attached hydrogens (tertiary/aromatic N) is 5. The highest BCUT2D eigenvalue weighted by molar-refractivity contribution is 5.78. The smallest absolute Gasteiger partial charge is 0.237 e. The van der Waals surface area contributed by atoms with Crippen molar-refractivity contribution in [3.05, 3.63) is 53.0 Å². The van der Waals surface area contributed by atoms with Gasteiger partial charge in [0.1, 0.15) is 11.6 Å². The van der Waals surface area contributed by atoms with Crippen molar-refractivity contribution in [1.29, 1.82) is 0 Å². The number of carbonyl (C=O) groups is 1. The Morgan fingerprint density at radius 1 is 1.06 bits per heavy atom. The minimum Gasteiger partial charge on any atom is -0.354 e. The molecule has 2 heterocycles. The summed E-state index contributed by atoms with van der Waals surface area (Å²) in [6.45, 7) is 16.0. The molecule has 1 saturated heterocycles. The van der Waals surface area contributed by atoms with E-state index in [0.29, 0.717) is 19.0 Å². The molecule has 1 aromatic heterocycles. The molecular weight excluding hydrogens is 386 g/mol. The van der Waals surface area contributed by atoms with Gasteiger partial charge in [0.2, 0.25) is 5.91 Å². The van der Waals surface area contributed by atoms with Crippen molar-refractivity contribution in [2.45, 2.75) is 53.5 Å². The van der Waals surface area contributed by atoms with Gasteiger partial charge in [0.25, 0.3) is 0 Å². The molecule has 0 saturated carbocycles. The Morgan fingerprint density at radius 2 is 1.74 bits per heavy atom. The molecule has 0 radical (unpaired) electrons. The van der Waals surface area contributed by atoms with Crippen molar-refractivity contribution >= 4 is 11.7 Å². The van der Waals surface area contributed by atoms with Crippen molar-refractivity contribution in [3.8, 4) is 0 Å². The molecule has 0 unspecified atom stereocenters. The van der Waals surface area contributed by atoms with E-state index in [1.54, 1.807) is 0 Å². The van der Waals surface area contributed by atoms with Crippen LogP contribution < -0.4 is 4.90 Å². The van der Waals surface area contributed by atoms with Crippen molar-refractivity contribution in [3.63, 3.8) is 0 Å². The number of aromatic nitrogens is 2. The second-order valence-corrected chi connectivity index (χ2v) is 8.94. The van der Waals surface area contributed by atoms with Crippen LogP contribution in [0.15, 0.2) is 30.3 Å². The lowest BCUT2D eigenvalue weighted by Gasteiger charge is -2.36. The van der Waals surface area contributed by atoms with Gasteiger partial charge in [-0.1, -0.05) is 50.6 Å². The largest absolute Gasteiger partial charge is 0.354 e. The maximum atomic E-state index is 13.0. The molecule has 168 valence electrons. The summed E-state index contributed by atoms with van der Waals surface area (Å²) in [5.41, 5.74) is 3.45. The average molecular weight is 424 g/mol. The Labute approximate surface area is 187 Å². The molecule has 6 nitrogen and oxygen atoms in total. The van der Waals surface area contributed by atoms with E-state index in [4.69, 9.17) is 4.98 Å². The summed E-state index contributed by atoms with van der Waals surface area (Å²) in [4.78, 5) is 29.0. The molecule has 3 rings (SSSR count). The molecule has 6 heteroatoms. The van der Waals surface area contributed by atoms with Crippen LogP contribution in [0.3, 0.4) is 0 Å². The lowest BCUT2D eigenvalue weighted by molar-refractivity contribution is -0.133. The molecule has 0 N–H and O–H groups in total. The highest BCUT2D eigenvalue weighted by Gasteiger charge is 2.23. The van der Waals surface area contributed by atoms with Gasteiger partial charge in [-0.15, -0.1) is 0 Å². The summed E-state index contributed by atoms with van der Waals surface area (Å²) < 4.78 is 0. The third-order valence-corrected chi connectivity index (χ3v) is 5.77. The number of carbonyl (C=O) groups excluding carboxylic acids is 1. The number of aryl methyl sites for hydroxylation is 2. The van der Waals surface area contributed by atoms with Crippen LogP contribution in [0.25, 0.3) is 0 Å². The normalized spacial score (nSPS) is 14.8. The molecule has 31 heavy (non-hydrogen) atoms. The Hall–Kier alpha value is -2.47. The summed E-state index contributed by atoms with van der Waals surface area (Å²) in [6, 6.07) is 10.5. The Kier molecular flexibility index (Phi) is 8.02. The first-order chi connectivity index (χ1) is 14.9. The lowest BCUT2D eigenvalue weighted by Crippen LogP contribution is -2.50. The maximum absolute atomic E-state index is 13.0. The van der Waals surface area contributed by atoms with Gasteiger partial charge in [0.15, 0.2) is 0 Å². The Bertz CT molecular complexity index is 857. The molecule has 0 aliphatic carbocycles. The van der Waals surface area contributed by atoms with Crippen LogP contribution in [0.2, 0.25) is 0 Å². The summed E-state index contributed by atoms with van der Waals surface area (Å²) in [5, 5.41) is 0. The van der Waals surface area contributed by atoms with E-state index in [1.807, 2.05) is 11.8 Å². The van der Waals surface area contributed by atoms with E-state index in [-0.39, 0.29) is 5.91 Å². The van der Waals surface area contributed by atoms with Gasteiger partial charge < -0.3 is 9.80 Å². The third-order valence-electron chi connectivity index (χ3n) is 5.77. The van der Waals surface area contributed by atoms with Gasteiger partial charge in [0, 0.05) is 56.9 Å². The van der Waals surface area contributed by atoms with Crippen LogP contribution in [0.4, 0.5) is 5.82 Å². The fourth-order valence-electron chi connectivity index (χ4n) is 3.90. The number of piperazine rings is 1. The fourth-order valence-corrected chi connectivity index (χ4v) is 3.90. The predicted molar refractivity (Wildman–Crippen MR) is 126 cm³/mol. The number of anilines is 1. The zero-order valence-electron chi connectivity index (χ0n) is 19.8. The van der Waals surface area contributed by atoms with Crippen molar-refractivity contribution in [2.75, 3.05) is 44.2 Å². The van der Waals surface area contributed by atoms with E-state index < -0.39 is 0 Å². The van der Waals surface area contributed by atoms with Crippen molar-refractivity contribution in [2.24, 2.45) is 0 Å². The van der Waals surface area contributed by atoms with Crippen LogP contribution in [-0.2, 0) is 11.3 Å². The van der Waals surface area contributed by atoms with Crippen LogP contribution in [0, 0.1) is 13.8 Å². The van der Waals surface area contributed by atoms with Gasteiger partial charge >= 0.3 is 0 Å². The third kappa shape index (κ3) is 6.50. The first-order valence-electron chi connectivity index (χ1n) is 11.5. The first kappa shape index (κ1) is 23.2. The number of benzene rings is 1. The van der Waals surface area contributed by atoms with Gasteiger partial charge in [-0.2, -0.15) is 0 Å². The molecule has 0 bridgehead atoms. The average Bonchev–Trinajstić information content (AvgIpc) is 2.75. The number of amides is 1. The summed E-state index contributed by atoms with van der Waals surface area (Å²) in [6.07, 6.45) is 0.969. The monoisotopic (exact) mass is 423 g/mol. The highest BCUT2D eigenvalue weighted by atomic mass is 16.2. The van der Waals surface area contributed by atoms with Gasteiger partial charge in [-0.3, -0.25) is 9.69 Å². The minimum atomic E-state index is 0.218. The Morgan fingerprint density at radius 3 is 2.35 bits per heavy atom. The minimum absolute atomic E-state index is 0.218. The summed E-state index contributed by atoms with van der Waals surface area (Å²) in [7, 11) is 0. The molecule has 1 aliphatic rings. The van der Waals surface area contributed by atoms with Gasteiger partial charge in [0.05, 0.1) is 6.54 Å². The molecule has 1 amide bonds. The van der Waals surface area contributed by atoms with E-state index in [9.17, 15) is 4.79 Å². The van der Waals surface area contributed by atoms with Gasteiger partial charge in [-0.05, 0) is 25.8 Å². The molecule has 2 aromatic rings. The molecular formula is C25H37N5O. The second-order valence-electron chi connectivity index (χ2n) is 8.94. The molecule has 1 aromatic carbocycles. The number of hydrogen-bond donors (Lipinski definition) is 0. The molecule has 1 aliphatic heterocycles. The van der Waals surface area contributed by atoms with Gasteiger partial charge in [-0.25, -0.2) is 9.97 Å². The quantitative estimate of drug-likeness (QED) is 0.647. The van der Waals surface area contributed by atoms with Crippen LogP contribution >= 0.6 is 0 Å². The topological polar surface area (TPSA) is 52.6 Å². The predicted octanol–water partition coefficient (Wildman–Crippen LogP) is 3.78. The van der Waals surface area contributed by atoms with Crippen LogP contribution in [-0.4, -0.2) is 64.9 Å². The summed E-state index contributed by atoms with van der Waals surface area (Å²) >= 11 is 0. The zero-order chi connectivity index (χ0) is 22.4. The number of rotatable bonds is 8. The van der Waals surface area contributed by atoms with E-state index in [2.05, 4.69) is 72.8 Å². The molecule has 0 atom stereocenters. The first-order valence-corrected chi connectivity index (χ1v) is 11.5. The molecule has 0 spiro atoms. The maximum Gasteiger partial charge on any atom is 0.237 e. The Balaban J connectivity index is 1.56. The fraction of sp³-hybridized carbons (Fsp3) is 0.560. The van der Waals surface area contributed by atoms with Crippen LogP contribution in [0.1, 0.15) is 55.8 Å². The van der Waals surface area contributed by atoms with E-state index in [1.165, 1.54) is 11.1 Å². The number of hydrogen-bond acceptors (Lipinski definition) is 5. The van der Waals surface area contributed by atoms with Crippen molar-refractivity contribution < 1.29 is 4.79 Å². The standard InChI is InChI=1S/C25H37N5O/c1-6-11-30(17-22-9-7-20(4)8-10-22)24(31)18-28-12-14-29(15-13-28)23-16-21(5)26-25(27-23)19(2)3/h7-10,16,19H,6,11-15,17-18H2,1-5H3. The highest BCUT2D eigenvalue weighted by Crippen LogP contribution is 2.19. The van der Waals surface area contributed by atoms with Crippen molar-refractivity contribution in [1.82, 2.24) is 19.8 Å². The SMILES string of the molecule is CCCN(Cc1ccc(C)cc1)C(=O)CN1CCN(c2cc(C)nc(C(C)C)n2)CC1. The lowest BCUT2D eigenvalue weighted by atomic mass is 10.1.